The van der Waals surface area contributed by atoms with E-state index in [1.807, 2.05) is 6.92 Å². The molecular weight excluding hydrogens is 210 g/mol. The van der Waals surface area contributed by atoms with E-state index in [9.17, 15) is 4.79 Å². The van der Waals surface area contributed by atoms with Gasteiger partial charge in [-0.05, 0) is 25.7 Å². The van der Waals surface area contributed by atoms with E-state index in [2.05, 4.69) is 10.3 Å². The van der Waals surface area contributed by atoms with E-state index in [4.69, 9.17) is 5.73 Å². The van der Waals surface area contributed by atoms with Gasteiger partial charge in [0.15, 0.2) is 0 Å². The van der Waals surface area contributed by atoms with Gasteiger partial charge in [-0.15, -0.1) is 11.3 Å². The topological polar surface area (TPSA) is 68.0 Å². The molecule has 1 aromatic heterocycles. The smallest absolute Gasteiger partial charge is 0.263 e. The van der Waals surface area contributed by atoms with E-state index in [-0.39, 0.29) is 11.4 Å². The molecule has 15 heavy (non-hydrogen) atoms. The molecule has 0 bridgehead atoms. The van der Waals surface area contributed by atoms with Crippen molar-refractivity contribution in [2.45, 2.75) is 25.3 Å². The van der Waals surface area contributed by atoms with Crippen molar-refractivity contribution in [3.05, 3.63) is 16.6 Å². The van der Waals surface area contributed by atoms with Gasteiger partial charge in [-0.1, -0.05) is 0 Å². The zero-order valence-electron chi connectivity index (χ0n) is 8.69. The van der Waals surface area contributed by atoms with Crippen LogP contribution in [0.5, 0.6) is 0 Å². The van der Waals surface area contributed by atoms with Crippen LogP contribution in [0.1, 0.15) is 29.4 Å². The summed E-state index contributed by atoms with van der Waals surface area (Å²) in [5.74, 6) is 0.483. The first-order valence-electron chi connectivity index (χ1n) is 5.07. The number of aromatic nitrogens is 1. The average Bonchev–Trinajstić information content (AvgIpc) is 2.94. The standard InChI is InChI=1S/C10H15N3OS/c1-10(5-11,7-2-3-7)13-9(14)8-4-12-6-15-8/h4,6-7H,2-3,5,11H2,1H3,(H,13,14). The van der Waals surface area contributed by atoms with E-state index >= 15 is 0 Å². The second-order valence-electron chi connectivity index (χ2n) is 4.22. The van der Waals surface area contributed by atoms with Gasteiger partial charge in [-0.25, -0.2) is 0 Å². The lowest BCUT2D eigenvalue weighted by molar-refractivity contribution is 0.0902. The van der Waals surface area contributed by atoms with E-state index in [1.54, 1.807) is 11.7 Å². The fourth-order valence-electron chi connectivity index (χ4n) is 1.69. The summed E-state index contributed by atoms with van der Waals surface area (Å²) >= 11 is 1.35. The maximum Gasteiger partial charge on any atom is 0.263 e. The predicted octanol–water partition coefficient (Wildman–Crippen LogP) is 1.00. The second-order valence-corrected chi connectivity index (χ2v) is 5.10. The molecule has 1 aliphatic rings. The molecule has 0 radical (unpaired) electrons. The molecule has 1 amide bonds. The minimum atomic E-state index is -0.249. The van der Waals surface area contributed by atoms with Crippen molar-refractivity contribution in [2.24, 2.45) is 11.7 Å². The highest BCUT2D eigenvalue weighted by molar-refractivity contribution is 7.11. The Morgan fingerprint density at radius 3 is 3.00 bits per heavy atom. The maximum absolute atomic E-state index is 11.8. The van der Waals surface area contributed by atoms with Gasteiger partial charge in [-0.3, -0.25) is 9.78 Å². The average molecular weight is 225 g/mol. The van der Waals surface area contributed by atoms with E-state index in [0.29, 0.717) is 17.3 Å². The molecule has 1 fully saturated rings. The minimum absolute atomic E-state index is 0.0580. The van der Waals surface area contributed by atoms with Crippen LogP contribution in [0.15, 0.2) is 11.7 Å². The lowest BCUT2D eigenvalue weighted by atomic mass is 9.96. The molecule has 0 saturated heterocycles. The number of amides is 1. The molecule has 0 aromatic carbocycles. The molecule has 1 aliphatic carbocycles. The Morgan fingerprint density at radius 2 is 2.53 bits per heavy atom. The predicted molar refractivity (Wildman–Crippen MR) is 59.8 cm³/mol. The summed E-state index contributed by atoms with van der Waals surface area (Å²) in [5.41, 5.74) is 7.13. The monoisotopic (exact) mass is 225 g/mol. The molecule has 0 aliphatic heterocycles. The van der Waals surface area contributed by atoms with E-state index < -0.39 is 0 Å². The summed E-state index contributed by atoms with van der Waals surface area (Å²) < 4.78 is 0. The zero-order chi connectivity index (χ0) is 10.9. The van der Waals surface area contributed by atoms with Crippen molar-refractivity contribution < 1.29 is 4.79 Å². The summed E-state index contributed by atoms with van der Waals surface area (Å²) in [5, 5.41) is 3.01. The maximum atomic E-state index is 11.8. The van der Waals surface area contributed by atoms with Crippen LogP contribution in [0.2, 0.25) is 0 Å². The Hall–Kier alpha value is -0.940. The van der Waals surface area contributed by atoms with Crippen LogP contribution in [0.4, 0.5) is 0 Å². The van der Waals surface area contributed by atoms with Gasteiger partial charge in [-0.2, -0.15) is 0 Å². The molecule has 5 heteroatoms. The quantitative estimate of drug-likeness (QED) is 0.803. The van der Waals surface area contributed by atoms with Crippen LogP contribution in [0, 0.1) is 5.92 Å². The summed E-state index contributed by atoms with van der Waals surface area (Å²) in [4.78, 5) is 16.4. The highest BCUT2D eigenvalue weighted by atomic mass is 32.1. The Balaban J connectivity index is 2.04. The summed E-state index contributed by atoms with van der Waals surface area (Å²) in [6, 6.07) is 0. The van der Waals surface area contributed by atoms with Crippen LogP contribution >= 0.6 is 11.3 Å². The van der Waals surface area contributed by atoms with Crippen LogP contribution in [0.25, 0.3) is 0 Å². The lowest BCUT2D eigenvalue weighted by Gasteiger charge is -2.29. The molecule has 2 rings (SSSR count). The number of nitrogens with two attached hydrogens (primary N) is 1. The lowest BCUT2D eigenvalue weighted by Crippen LogP contribution is -2.53. The number of thiazole rings is 1. The first kappa shape index (κ1) is 10.6. The van der Waals surface area contributed by atoms with Gasteiger partial charge < -0.3 is 11.1 Å². The first-order chi connectivity index (χ1) is 7.15. The number of hydrogen-bond donors (Lipinski definition) is 2. The second kappa shape index (κ2) is 3.90. The number of nitrogens with one attached hydrogen (secondary N) is 1. The van der Waals surface area contributed by atoms with Crippen LogP contribution in [-0.2, 0) is 0 Å². The van der Waals surface area contributed by atoms with Gasteiger partial charge in [0.1, 0.15) is 4.88 Å². The SMILES string of the molecule is CC(CN)(NC(=O)c1cncs1)C1CC1. The Kier molecular flexibility index (Phi) is 2.75. The largest absolute Gasteiger partial charge is 0.345 e. The molecule has 1 atom stereocenters. The third-order valence-corrected chi connectivity index (χ3v) is 3.73. The normalized spacial score (nSPS) is 19.6. The zero-order valence-corrected chi connectivity index (χ0v) is 9.51. The molecule has 1 unspecified atom stereocenters. The summed E-state index contributed by atoms with van der Waals surface area (Å²) in [6.45, 7) is 2.51. The van der Waals surface area contributed by atoms with E-state index in [1.165, 1.54) is 11.3 Å². The third-order valence-electron chi connectivity index (χ3n) is 2.96. The Morgan fingerprint density at radius 1 is 1.80 bits per heavy atom. The third kappa shape index (κ3) is 2.18. The van der Waals surface area contributed by atoms with Gasteiger partial charge in [0.2, 0.25) is 0 Å². The molecule has 4 nitrogen and oxygen atoms in total. The number of rotatable bonds is 4. The number of nitrogens with zero attached hydrogens (tertiary/aromatic N) is 1. The molecule has 0 spiro atoms. The Labute approximate surface area is 92.9 Å². The molecule has 1 saturated carbocycles. The van der Waals surface area contributed by atoms with Crippen LogP contribution in [-0.4, -0.2) is 23.0 Å². The highest BCUT2D eigenvalue weighted by Gasteiger charge is 2.41. The number of carbonyl (C=O) groups is 1. The molecular formula is C10H15N3OS. The fourth-order valence-corrected chi connectivity index (χ4v) is 2.20. The van der Waals surface area contributed by atoms with Gasteiger partial charge >= 0.3 is 0 Å². The Bertz CT molecular complexity index is 348. The highest BCUT2D eigenvalue weighted by Crippen LogP contribution is 2.39. The van der Waals surface area contributed by atoms with Gasteiger partial charge in [0, 0.05) is 6.54 Å². The van der Waals surface area contributed by atoms with Crippen molar-refractivity contribution in [2.75, 3.05) is 6.54 Å². The van der Waals surface area contributed by atoms with Gasteiger partial charge in [0.25, 0.3) is 5.91 Å². The molecule has 1 aromatic rings. The van der Waals surface area contributed by atoms with Crippen molar-refractivity contribution in [1.82, 2.24) is 10.3 Å². The van der Waals surface area contributed by atoms with Gasteiger partial charge in [0.05, 0.1) is 17.2 Å². The van der Waals surface area contributed by atoms with E-state index in [0.717, 1.165) is 12.8 Å². The summed E-state index contributed by atoms with van der Waals surface area (Å²) in [7, 11) is 0. The van der Waals surface area contributed by atoms with Crippen LogP contribution in [0.3, 0.4) is 0 Å². The fraction of sp³-hybridized carbons (Fsp3) is 0.600. The van der Waals surface area contributed by atoms with Crippen molar-refractivity contribution >= 4 is 17.2 Å². The molecule has 3 N–H and O–H groups in total. The molecule has 1 heterocycles. The molecule has 82 valence electrons. The van der Waals surface area contributed by atoms with Crippen molar-refractivity contribution in [1.29, 1.82) is 0 Å². The van der Waals surface area contributed by atoms with Crippen molar-refractivity contribution in [3.8, 4) is 0 Å². The minimum Gasteiger partial charge on any atom is -0.345 e. The first-order valence-corrected chi connectivity index (χ1v) is 5.95. The van der Waals surface area contributed by atoms with Crippen molar-refractivity contribution in [3.63, 3.8) is 0 Å². The summed E-state index contributed by atoms with van der Waals surface area (Å²) in [6.07, 6.45) is 3.91. The van der Waals surface area contributed by atoms with Crippen LogP contribution < -0.4 is 11.1 Å². The number of hydrogen-bond acceptors (Lipinski definition) is 4. The number of carbonyl (C=O) groups excluding carboxylic acids is 1.